The number of amides is 4. The van der Waals surface area contributed by atoms with E-state index < -0.39 is 106 Å². The summed E-state index contributed by atoms with van der Waals surface area (Å²) in [6.45, 7) is 1.29. The van der Waals surface area contributed by atoms with Gasteiger partial charge in [0, 0.05) is 25.3 Å². The Hall–Kier alpha value is -8.85. The third-order valence-corrected chi connectivity index (χ3v) is 17.8. The van der Waals surface area contributed by atoms with Crippen molar-refractivity contribution < 1.29 is 90.8 Å². The highest BCUT2D eigenvalue weighted by Gasteiger charge is 2.57. The summed E-state index contributed by atoms with van der Waals surface area (Å²) >= 11 is 5.74. The van der Waals surface area contributed by atoms with Crippen LogP contribution in [0.5, 0.6) is 0 Å². The van der Waals surface area contributed by atoms with Gasteiger partial charge in [-0.1, -0.05) is 136 Å². The van der Waals surface area contributed by atoms with E-state index in [4.69, 9.17) is 30.5 Å². The van der Waals surface area contributed by atoms with Crippen LogP contribution in [0.3, 0.4) is 0 Å². The van der Waals surface area contributed by atoms with Gasteiger partial charge in [0.1, 0.15) is 24.3 Å². The Balaban J connectivity index is 0.000000306. The molecule has 0 aromatic heterocycles. The fourth-order valence-electron chi connectivity index (χ4n) is 12.1. The van der Waals surface area contributed by atoms with Gasteiger partial charge in [-0.15, -0.1) is 11.6 Å². The van der Waals surface area contributed by atoms with Gasteiger partial charge < -0.3 is 29.2 Å². The smallest absolute Gasteiger partial charge is 0.416 e. The highest BCUT2D eigenvalue weighted by molar-refractivity contribution is 6.17. The summed E-state index contributed by atoms with van der Waals surface area (Å²) in [6.07, 6.45) is -23.1. The molecule has 3 heterocycles. The molecule has 3 fully saturated rings. The van der Waals surface area contributed by atoms with E-state index in [1.807, 2.05) is 0 Å². The number of nitrogens with one attached hydrogen (secondary N) is 1. The SMILES string of the molecule is C.C.C[C@@H](OC[C@@]1(c2ccccc2)CC[C@@](C#N)(N2CCCC2=O)CN1C(=O)OCc1ccccc1)c1cc(C(F)(F)F)cc(C(F)(F)F)c1.C[C@@H](OC[C@@]1(c2ccccc2)CC[C@@](C#N)(NC(=O)CCCCl)CN1C(=O)OCc1ccccc1)c1cc(C(F)(F)F)cc(C(F)(F)F)c1. The molecule has 532 valence electrons. The van der Waals surface area contributed by atoms with Crippen molar-refractivity contribution in [2.45, 2.75) is 152 Å². The highest BCUT2D eigenvalue weighted by Crippen LogP contribution is 2.48. The van der Waals surface area contributed by atoms with E-state index in [9.17, 15) is 82.4 Å². The average Bonchev–Trinajstić information content (AvgIpc) is 1.71. The summed E-state index contributed by atoms with van der Waals surface area (Å²) in [7, 11) is 0. The quantitative estimate of drug-likeness (QED) is 0.0607. The molecule has 4 amide bonds. The van der Waals surface area contributed by atoms with Gasteiger partial charge in [0.25, 0.3) is 0 Å². The van der Waals surface area contributed by atoms with Crippen molar-refractivity contribution in [3.05, 3.63) is 213 Å². The van der Waals surface area contributed by atoms with Crippen molar-refractivity contribution >= 4 is 35.6 Å². The van der Waals surface area contributed by atoms with E-state index in [1.165, 1.54) is 28.5 Å². The van der Waals surface area contributed by atoms with Crippen molar-refractivity contribution in [2.75, 3.05) is 38.7 Å². The maximum Gasteiger partial charge on any atom is 0.416 e. The summed E-state index contributed by atoms with van der Waals surface area (Å²) in [5, 5.41) is 23.5. The first-order chi connectivity index (χ1) is 45.8. The van der Waals surface area contributed by atoms with Gasteiger partial charge in [-0.05, 0) is 122 Å². The van der Waals surface area contributed by atoms with Crippen LogP contribution in [0.1, 0.15) is 148 Å². The molecule has 99 heavy (non-hydrogen) atoms. The van der Waals surface area contributed by atoms with E-state index >= 15 is 0 Å². The molecule has 0 radical (unpaired) electrons. The minimum atomic E-state index is -5.06. The molecule has 0 spiro atoms. The van der Waals surface area contributed by atoms with Crippen LogP contribution in [0.2, 0.25) is 0 Å². The standard InChI is InChI=1S/C35H34ClF6N3O4.C35H33F6N3O4.2CH4/c1-24(26-17-28(34(37,38)39)19-29(18-26)35(40,41)42)49-23-33(27-11-6-3-7-12-27)15-14-32(21-43,44-30(46)13-8-16-36)22-45(33)31(47)48-20-25-9-4-2-5-10-25;1-24(26-17-28(34(36,37)38)19-29(18-26)35(39,40)41)48-23-33(27-11-6-3-7-12-27)15-14-32(21-42,43-16-8-13-30(43)45)22-44(33)31(46)47-20-25-9-4-2-5-10-25;;/h2-7,9-12,17-19,24H,8,13-16,20,22-23H2,1H3,(H,44,46);2-7,9-12,17-19,24H,8,13-16,20,22-23H2,1H3;2*1H4/t2*24-,32+,33-;;/m11../s1. The molecule has 6 aromatic rings. The Kier molecular flexibility index (Phi) is 26.3. The van der Waals surface area contributed by atoms with Crippen LogP contribution >= 0.6 is 11.6 Å². The number of benzene rings is 6. The van der Waals surface area contributed by atoms with Crippen molar-refractivity contribution in [2.24, 2.45) is 0 Å². The molecule has 6 aromatic carbocycles. The Morgan fingerprint density at radius 1 is 0.556 bits per heavy atom. The predicted octanol–water partition coefficient (Wildman–Crippen LogP) is 17.8. The maximum absolute atomic E-state index is 14.1. The number of carbonyl (C=O) groups excluding carboxylic acids is 4. The molecule has 0 aliphatic carbocycles. The van der Waals surface area contributed by atoms with Crippen LogP contribution < -0.4 is 5.32 Å². The van der Waals surface area contributed by atoms with E-state index in [0.717, 1.165) is 0 Å². The summed E-state index contributed by atoms with van der Waals surface area (Å²) in [5.74, 6) is -0.466. The number of likely N-dealkylation sites (tertiary alicyclic amines) is 3. The van der Waals surface area contributed by atoms with Crippen LogP contribution in [0, 0.1) is 22.7 Å². The number of halogens is 13. The zero-order chi connectivity index (χ0) is 70.6. The summed E-state index contributed by atoms with van der Waals surface area (Å²) in [6, 6.07) is 41.6. The molecule has 6 atom stereocenters. The Morgan fingerprint density at radius 2 is 0.939 bits per heavy atom. The molecule has 0 bridgehead atoms. The lowest BCUT2D eigenvalue weighted by molar-refractivity contribution is -0.145. The normalized spacial score (nSPS) is 20.9. The van der Waals surface area contributed by atoms with Gasteiger partial charge in [-0.3, -0.25) is 19.4 Å². The topological polar surface area (TPSA) is 175 Å². The number of nitrogens with zero attached hydrogens (tertiary/aromatic N) is 5. The number of hydrogen-bond acceptors (Lipinski definition) is 10. The van der Waals surface area contributed by atoms with Crippen LogP contribution in [-0.2, 0) is 77.5 Å². The number of piperidine rings is 2. The molecule has 27 heteroatoms. The second-order valence-corrected chi connectivity index (χ2v) is 24.3. The Labute approximate surface area is 571 Å². The summed E-state index contributed by atoms with van der Waals surface area (Å²) in [5.41, 5.74) is -9.99. The van der Waals surface area contributed by atoms with Gasteiger partial charge in [0.15, 0.2) is 0 Å². The molecule has 0 unspecified atom stereocenters. The molecule has 0 saturated carbocycles. The van der Waals surface area contributed by atoms with E-state index in [2.05, 4.69) is 17.5 Å². The zero-order valence-corrected chi connectivity index (χ0v) is 53.2. The lowest BCUT2D eigenvalue weighted by Gasteiger charge is -2.53. The van der Waals surface area contributed by atoms with Gasteiger partial charge in [-0.25, -0.2) is 9.59 Å². The van der Waals surface area contributed by atoms with Crippen LogP contribution in [0.4, 0.5) is 62.3 Å². The molecule has 3 saturated heterocycles. The number of hydrogen-bond donors (Lipinski definition) is 1. The zero-order valence-electron chi connectivity index (χ0n) is 52.4. The first-order valence-corrected chi connectivity index (χ1v) is 31.2. The molecular weight excluding hydrogens is 1340 g/mol. The van der Waals surface area contributed by atoms with E-state index in [0.29, 0.717) is 65.9 Å². The first-order valence-electron chi connectivity index (χ1n) is 30.7. The maximum atomic E-state index is 14.1. The fourth-order valence-corrected chi connectivity index (χ4v) is 12.3. The third kappa shape index (κ3) is 19.1. The van der Waals surface area contributed by atoms with Gasteiger partial charge >= 0.3 is 36.9 Å². The first kappa shape index (κ1) is 79.1. The predicted molar refractivity (Wildman–Crippen MR) is 342 cm³/mol. The van der Waals surface area contributed by atoms with Gasteiger partial charge in [-0.2, -0.15) is 63.2 Å². The number of nitriles is 2. The van der Waals surface area contributed by atoms with E-state index in [1.54, 1.807) is 121 Å². The van der Waals surface area contributed by atoms with Crippen LogP contribution in [-0.4, -0.2) is 88.5 Å². The van der Waals surface area contributed by atoms with Crippen molar-refractivity contribution in [3.63, 3.8) is 0 Å². The van der Waals surface area contributed by atoms with E-state index in [-0.39, 0.29) is 121 Å². The van der Waals surface area contributed by atoms with Gasteiger partial charge in [0.2, 0.25) is 11.8 Å². The minimum absolute atomic E-state index is 0. The number of ether oxygens (including phenoxy) is 4. The average molecular weight is 1420 g/mol. The molecular formula is C72H75ClF12N6O8. The van der Waals surface area contributed by atoms with Crippen molar-refractivity contribution in [1.29, 1.82) is 10.5 Å². The molecule has 3 aliphatic rings. The fraction of sp³-hybridized carbons (Fsp3) is 0.417. The number of carbonyl (C=O) groups is 4. The molecule has 14 nitrogen and oxygen atoms in total. The summed E-state index contributed by atoms with van der Waals surface area (Å²) in [4.78, 5) is 57.8. The van der Waals surface area contributed by atoms with Crippen LogP contribution in [0.15, 0.2) is 158 Å². The second kappa shape index (κ2) is 32.9. The molecule has 9 rings (SSSR count). The Morgan fingerprint density at radius 3 is 1.29 bits per heavy atom. The lowest BCUT2D eigenvalue weighted by Crippen LogP contribution is -2.66. The molecule has 3 aliphatic heterocycles. The number of rotatable bonds is 19. The number of alkyl halides is 13. The second-order valence-electron chi connectivity index (χ2n) is 24.0. The third-order valence-electron chi connectivity index (χ3n) is 17.5. The van der Waals surface area contributed by atoms with Gasteiger partial charge in [0.05, 0.1) is 84.0 Å². The Bertz CT molecular complexity index is 3720. The van der Waals surface area contributed by atoms with Crippen molar-refractivity contribution in [3.8, 4) is 12.1 Å². The summed E-state index contributed by atoms with van der Waals surface area (Å²) < 4.78 is 187. The molecule has 1 N–H and O–H groups in total. The highest BCUT2D eigenvalue weighted by atomic mass is 35.5. The van der Waals surface area contributed by atoms with Crippen LogP contribution in [0.25, 0.3) is 0 Å². The lowest BCUT2D eigenvalue weighted by atomic mass is 9.74. The largest absolute Gasteiger partial charge is 0.445 e. The van der Waals surface area contributed by atoms with Crippen molar-refractivity contribution in [1.82, 2.24) is 20.0 Å². The minimum Gasteiger partial charge on any atom is -0.445 e. The monoisotopic (exact) mass is 1410 g/mol.